The summed E-state index contributed by atoms with van der Waals surface area (Å²) >= 11 is 6.01. The van der Waals surface area contributed by atoms with Crippen LogP contribution < -0.4 is 0 Å². The average Bonchev–Trinajstić information content (AvgIpc) is 3.11. The molecule has 2 saturated heterocycles. The molecular formula is C15H15ClN2O3. The predicted octanol–water partition coefficient (Wildman–Crippen LogP) is 2.65. The van der Waals surface area contributed by atoms with E-state index in [1.807, 2.05) is 4.57 Å². The number of hydrogen-bond donors (Lipinski definition) is 1. The minimum absolute atomic E-state index is 0.0989. The van der Waals surface area contributed by atoms with Gasteiger partial charge in [0.2, 0.25) is 0 Å². The number of carboxylic acids is 1. The Hall–Kier alpha value is -1.59. The van der Waals surface area contributed by atoms with Crippen LogP contribution in [0.5, 0.6) is 0 Å². The highest BCUT2D eigenvalue weighted by atomic mass is 35.5. The van der Waals surface area contributed by atoms with Crippen LogP contribution >= 0.6 is 11.6 Å². The number of ether oxygens (including phenoxy) is 1. The number of carbonyl (C=O) groups is 1. The summed E-state index contributed by atoms with van der Waals surface area (Å²) in [7, 11) is 0. The van der Waals surface area contributed by atoms with E-state index in [1.54, 1.807) is 18.2 Å². The van der Waals surface area contributed by atoms with Crippen LogP contribution in [0.4, 0.5) is 0 Å². The van der Waals surface area contributed by atoms with Gasteiger partial charge in [-0.05, 0) is 37.0 Å². The van der Waals surface area contributed by atoms with E-state index >= 15 is 0 Å². The third-order valence-corrected chi connectivity index (χ3v) is 4.83. The van der Waals surface area contributed by atoms with Gasteiger partial charge in [-0.3, -0.25) is 0 Å². The summed E-state index contributed by atoms with van der Waals surface area (Å²) in [6, 6.07) is 4.98. The third-order valence-electron chi connectivity index (χ3n) is 4.59. The van der Waals surface area contributed by atoms with Crippen molar-refractivity contribution in [3.8, 4) is 0 Å². The standard InChI is InChI=1S/C15H15ClN2O3/c16-6-13-17-11-2-1-10(14(19)20)3-12(11)18(13)8-15-4-9(5-15)7-21-15/h1-3,9H,4-8H2,(H,19,20). The molecule has 5 nitrogen and oxygen atoms in total. The van der Waals surface area contributed by atoms with E-state index in [0.717, 1.165) is 36.3 Å². The molecule has 1 aliphatic carbocycles. The lowest BCUT2D eigenvalue weighted by atomic mass is 9.74. The normalized spacial score (nSPS) is 27.0. The molecule has 2 aliphatic heterocycles. The molecule has 3 aliphatic rings. The zero-order valence-corrected chi connectivity index (χ0v) is 12.1. The largest absolute Gasteiger partial charge is 0.478 e. The van der Waals surface area contributed by atoms with Crippen LogP contribution in [0.25, 0.3) is 11.0 Å². The van der Waals surface area contributed by atoms with E-state index < -0.39 is 5.97 Å². The van der Waals surface area contributed by atoms with E-state index in [0.29, 0.717) is 18.3 Å². The maximum absolute atomic E-state index is 11.2. The number of rotatable bonds is 4. The first-order valence-corrected chi connectivity index (χ1v) is 7.56. The Morgan fingerprint density at radius 2 is 2.33 bits per heavy atom. The van der Waals surface area contributed by atoms with Crippen molar-refractivity contribution in [3.05, 3.63) is 29.6 Å². The van der Waals surface area contributed by atoms with Gasteiger partial charge >= 0.3 is 5.97 Å². The van der Waals surface area contributed by atoms with Gasteiger partial charge in [0, 0.05) is 0 Å². The van der Waals surface area contributed by atoms with Crippen LogP contribution in [0.2, 0.25) is 0 Å². The van der Waals surface area contributed by atoms with Gasteiger partial charge in [0.1, 0.15) is 5.82 Å². The average molecular weight is 307 g/mol. The predicted molar refractivity (Wildman–Crippen MR) is 77.7 cm³/mol. The SMILES string of the molecule is O=C(O)c1ccc2nc(CCl)n(CC34CC(CO3)C4)c2c1. The van der Waals surface area contributed by atoms with Gasteiger partial charge < -0.3 is 14.4 Å². The van der Waals surface area contributed by atoms with Gasteiger partial charge in [0.15, 0.2) is 0 Å². The van der Waals surface area contributed by atoms with Crippen molar-refractivity contribution in [2.45, 2.75) is 30.9 Å². The fourth-order valence-electron chi connectivity index (χ4n) is 3.57. The first-order chi connectivity index (χ1) is 10.1. The summed E-state index contributed by atoms with van der Waals surface area (Å²) in [5, 5.41) is 9.16. The van der Waals surface area contributed by atoms with Gasteiger partial charge in [-0.25, -0.2) is 9.78 Å². The lowest BCUT2D eigenvalue weighted by Crippen LogP contribution is -2.41. The molecule has 0 spiro atoms. The number of alkyl halides is 1. The summed E-state index contributed by atoms with van der Waals surface area (Å²) in [5.74, 6) is 0.823. The molecule has 1 aromatic heterocycles. The minimum atomic E-state index is -0.934. The second-order valence-electron chi connectivity index (χ2n) is 6.02. The summed E-state index contributed by atoms with van der Waals surface area (Å²) < 4.78 is 7.93. The summed E-state index contributed by atoms with van der Waals surface area (Å²) in [5.41, 5.74) is 1.76. The third kappa shape index (κ3) is 1.95. The Morgan fingerprint density at radius 1 is 1.52 bits per heavy atom. The molecule has 1 aromatic carbocycles. The minimum Gasteiger partial charge on any atom is -0.478 e. The van der Waals surface area contributed by atoms with Crippen molar-refractivity contribution in [1.82, 2.24) is 9.55 Å². The molecule has 6 heteroatoms. The van der Waals surface area contributed by atoms with Gasteiger partial charge in [-0.2, -0.15) is 0 Å². The quantitative estimate of drug-likeness (QED) is 0.882. The van der Waals surface area contributed by atoms with Crippen LogP contribution in [-0.4, -0.2) is 32.8 Å². The fourth-order valence-corrected chi connectivity index (χ4v) is 3.77. The summed E-state index contributed by atoms with van der Waals surface area (Å²) in [6.07, 6.45) is 2.15. The number of fused-ring (bicyclic) bond motifs is 2. The number of aromatic nitrogens is 2. The lowest BCUT2D eigenvalue weighted by molar-refractivity contribution is -0.0131. The molecule has 21 heavy (non-hydrogen) atoms. The monoisotopic (exact) mass is 306 g/mol. The Labute approximate surface area is 126 Å². The second-order valence-corrected chi connectivity index (χ2v) is 6.29. The Kier molecular flexibility index (Phi) is 2.78. The number of benzene rings is 1. The van der Waals surface area contributed by atoms with Crippen molar-refractivity contribution in [2.24, 2.45) is 5.92 Å². The Bertz CT molecular complexity index is 728. The molecule has 0 atom stereocenters. The summed E-state index contributed by atoms with van der Waals surface area (Å²) in [6.45, 7) is 1.54. The van der Waals surface area contributed by atoms with E-state index in [2.05, 4.69) is 4.98 Å². The van der Waals surface area contributed by atoms with Gasteiger partial charge in [0.05, 0.1) is 41.2 Å². The second kappa shape index (κ2) is 4.45. The first kappa shape index (κ1) is 13.1. The van der Waals surface area contributed by atoms with Crippen LogP contribution in [0.15, 0.2) is 18.2 Å². The van der Waals surface area contributed by atoms with Crippen molar-refractivity contribution >= 4 is 28.6 Å². The van der Waals surface area contributed by atoms with E-state index in [9.17, 15) is 4.79 Å². The molecule has 2 bridgehead atoms. The molecule has 0 amide bonds. The number of aromatic carboxylic acids is 1. The smallest absolute Gasteiger partial charge is 0.335 e. The van der Waals surface area contributed by atoms with Crippen LogP contribution in [-0.2, 0) is 17.2 Å². The van der Waals surface area contributed by atoms with Gasteiger partial charge in [0.25, 0.3) is 0 Å². The topological polar surface area (TPSA) is 64.3 Å². The molecule has 0 unspecified atom stereocenters. The molecule has 5 rings (SSSR count). The van der Waals surface area contributed by atoms with E-state index in [1.165, 1.54) is 0 Å². The lowest BCUT2D eigenvalue weighted by Gasteiger charge is -2.36. The number of halogens is 1. The number of carboxylic acid groups (broad SMARTS) is 1. The van der Waals surface area contributed by atoms with Crippen molar-refractivity contribution < 1.29 is 14.6 Å². The highest BCUT2D eigenvalue weighted by Crippen LogP contribution is 2.49. The highest BCUT2D eigenvalue weighted by molar-refractivity contribution is 6.16. The Balaban J connectivity index is 1.80. The van der Waals surface area contributed by atoms with Gasteiger partial charge in [-0.1, -0.05) is 0 Å². The number of imidazole rings is 1. The van der Waals surface area contributed by atoms with Crippen LogP contribution in [0, 0.1) is 5.92 Å². The maximum Gasteiger partial charge on any atom is 0.335 e. The molecule has 3 fully saturated rings. The molecular weight excluding hydrogens is 292 g/mol. The Morgan fingerprint density at radius 3 is 2.95 bits per heavy atom. The van der Waals surface area contributed by atoms with E-state index in [-0.39, 0.29) is 11.2 Å². The summed E-state index contributed by atoms with van der Waals surface area (Å²) in [4.78, 5) is 15.7. The molecule has 1 N–H and O–H groups in total. The number of hydrogen-bond acceptors (Lipinski definition) is 3. The van der Waals surface area contributed by atoms with Crippen LogP contribution in [0.1, 0.15) is 29.0 Å². The van der Waals surface area contributed by atoms with Gasteiger partial charge in [-0.15, -0.1) is 11.6 Å². The van der Waals surface area contributed by atoms with Crippen molar-refractivity contribution in [3.63, 3.8) is 0 Å². The molecule has 1 saturated carbocycles. The highest BCUT2D eigenvalue weighted by Gasteiger charge is 2.52. The maximum atomic E-state index is 11.2. The molecule has 0 radical (unpaired) electrons. The number of nitrogens with zero attached hydrogens (tertiary/aromatic N) is 2. The molecule has 110 valence electrons. The van der Waals surface area contributed by atoms with Crippen molar-refractivity contribution in [1.29, 1.82) is 0 Å². The fraction of sp³-hybridized carbons (Fsp3) is 0.467. The molecule has 3 heterocycles. The zero-order chi connectivity index (χ0) is 14.6. The van der Waals surface area contributed by atoms with Crippen LogP contribution in [0.3, 0.4) is 0 Å². The van der Waals surface area contributed by atoms with E-state index in [4.69, 9.17) is 21.4 Å². The first-order valence-electron chi connectivity index (χ1n) is 7.03. The molecule has 2 aromatic rings. The zero-order valence-electron chi connectivity index (χ0n) is 11.4. The van der Waals surface area contributed by atoms with Crippen molar-refractivity contribution in [2.75, 3.05) is 6.61 Å².